The third kappa shape index (κ3) is 1.34. The molecule has 0 aromatic carbocycles. The third-order valence-corrected chi connectivity index (χ3v) is 2.54. The average Bonchev–Trinajstić information content (AvgIpc) is 2.59. The fraction of sp³-hybridized carbons (Fsp3) is 0.182. The van der Waals surface area contributed by atoms with Crippen LogP contribution in [0.1, 0.15) is 38.9 Å². The van der Waals surface area contributed by atoms with Crippen LogP contribution in [0.5, 0.6) is 0 Å². The van der Waals surface area contributed by atoms with Crippen LogP contribution in [0.15, 0.2) is 12.3 Å². The Morgan fingerprint density at radius 2 is 2.33 bits per heavy atom. The quantitative estimate of drug-likeness (QED) is 0.740. The molecule has 0 saturated heterocycles. The molecule has 1 heterocycles. The molecule has 0 unspecified atom stereocenters. The molecule has 0 spiro atoms. The van der Waals surface area contributed by atoms with E-state index in [9.17, 15) is 9.59 Å². The minimum absolute atomic E-state index is 0.0293. The van der Waals surface area contributed by atoms with Gasteiger partial charge in [0.25, 0.3) is 0 Å². The monoisotopic (exact) mass is 203 g/mol. The maximum Gasteiger partial charge on any atom is 0.338 e. The smallest absolute Gasteiger partial charge is 0.338 e. The number of hydrogen-bond acceptors (Lipinski definition) is 3. The van der Waals surface area contributed by atoms with E-state index in [-0.39, 0.29) is 11.1 Å². The lowest BCUT2D eigenvalue weighted by molar-refractivity contribution is 0.0693. The van der Waals surface area contributed by atoms with Gasteiger partial charge in [-0.3, -0.25) is 9.78 Å². The molecule has 1 aliphatic carbocycles. The second-order valence-electron chi connectivity index (χ2n) is 3.42. The molecule has 15 heavy (non-hydrogen) atoms. The molecule has 4 nitrogen and oxygen atoms in total. The van der Waals surface area contributed by atoms with Gasteiger partial charge in [0.05, 0.1) is 11.3 Å². The zero-order valence-corrected chi connectivity index (χ0v) is 8.15. The van der Waals surface area contributed by atoms with Crippen molar-refractivity contribution in [2.24, 2.45) is 0 Å². The zero-order chi connectivity index (χ0) is 11.0. The molecule has 0 fully saturated rings. The van der Waals surface area contributed by atoms with Crippen molar-refractivity contribution in [1.82, 2.24) is 4.98 Å². The number of pyridine rings is 1. The highest BCUT2D eigenvalue weighted by Crippen LogP contribution is 2.29. The molecule has 0 aliphatic heterocycles. The number of aldehydes is 1. The summed E-state index contributed by atoms with van der Waals surface area (Å²) in [5.41, 5.74) is 2.59. The van der Waals surface area contributed by atoms with Crippen LogP contribution in [0.2, 0.25) is 0 Å². The number of fused-ring (bicyclic) bond motifs is 1. The number of rotatable bonds is 2. The summed E-state index contributed by atoms with van der Waals surface area (Å²) < 4.78 is 0. The number of carboxylic acid groups (broad SMARTS) is 1. The first-order valence-electron chi connectivity index (χ1n) is 4.52. The Bertz CT molecular complexity index is 489. The van der Waals surface area contributed by atoms with Gasteiger partial charge in [-0.25, -0.2) is 4.79 Å². The molecule has 1 aromatic rings. The number of aromatic nitrogens is 1. The van der Waals surface area contributed by atoms with Gasteiger partial charge in [-0.2, -0.15) is 0 Å². The number of carbonyl (C=O) groups is 2. The van der Waals surface area contributed by atoms with Gasteiger partial charge in [-0.05, 0) is 12.5 Å². The molecule has 1 aromatic heterocycles. The van der Waals surface area contributed by atoms with Crippen molar-refractivity contribution in [3.8, 4) is 0 Å². The van der Waals surface area contributed by atoms with Crippen molar-refractivity contribution < 1.29 is 14.7 Å². The molecule has 1 N–H and O–H groups in total. The summed E-state index contributed by atoms with van der Waals surface area (Å²) in [6.45, 7) is 1.85. The standard InChI is InChI=1S/C11H9NO3/c1-6-2-3-9-10(6)8(5-13)7(4-12-9)11(14)15/h2,4-5H,3H2,1H3,(H,14,15). The molecule has 0 amide bonds. The van der Waals surface area contributed by atoms with Gasteiger partial charge in [-0.1, -0.05) is 6.08 Å². The van der Waals surface area contributed by atoms with Gasteiger partial charge in [0.1, 0.15) is 0 Å². The predicted octanol–water partition coefficient (Wildman–Crippen LogP) is 1.55. The average molecular weight is 203 g/mol. The second-order valence-corrected chi connectivity index (χ2v) is 3.42. The lowest BCUT2D eigenvalue weighted by Crippen LogP contribution is -2.07. The zero-order valence-electron chi connectivity index (χ0n) is 8.15. The van der Waals surface area contributed by atoms with E-state index in [0.29, 0.717) is 18.3 Å². The Kier molecular flexibility index (Phi) is 2.11. The van der Waals surface area contributed by atoms with Gasteiger partial charge in [0, 0.05) is 23.7 Å². The van der Waals surface area contributed by atoms with E-state index in [0.717, 1.165) is 11.3 Å². The Balaban J connectivity index is 2.74. The van der Waals surface area contributed by atoms with Crippen LogP contribution in [0.3, 0.4) is 0 Å². The van der Waals surface area contributed by atoms with E-state index in [2.05, 4.69) is 4.98 Å². The van der Waals surface area contributed by atoms with Crippen LogP contribution in [-0.2, 0) is 6.42 Å². The number of nitrogens with zero attached hydrogens (tertiary/aromatic N) is 1. The fourth-order valence-corrected chi connectivity index (χ4v) is 1.81. The summed E-state index contributed by atoms with van der Waals surface area (Å²) in [7, 11) is 0. The predicted molar refractivity (Wildman–Crippen MR) is 53.9 cm³/mol. The summed E-state index contributed by atoms with van der Waals surface area (Å²) in [5.74, 6) is -1.12. The number of carbonyl (C=O) groups excluding carboxylic acids is 1. The topological polar surface area (TPSA) is 67.3 Å². The molecular formula is C11H9NO3. The molecule has 0 saturated carbocycles. The van der Waals surface area contributed by atoms with Crippen LogP contribution in [0, 0.1) is 0 Å². The van der Waals surface area contributed by atoms with E-state index < -0.39 is 5.97 Å². The summed E-state index contributed by atoms with van der Waals surface area (Å²) in [5, 5.41) is 8.90. The van der Waals surface area contributed by atoms with Crippen molar-refractivity contribution in [2.45, 2.75) is 13.3 Å². The minimum atomic E-state index is -1.12. The van der Waals surface area contributed by atoms with Gasteiger partial charge in [0.15, 0.2) is 6.29 Å². The molecule has 1 aliphatic rings. The molecular weight excluding hydrogens is 194 g/mol. The Hall–Kier alpha value is -1.97. The van der Waals surface area contributed by atoms with Crippen molar-refractivity contribution in [2.75, 3.05) is 0 Å². The molecule has 2 rings (SSSR count). The highest BCUT2D eigenvalue weighted by Gasteiger charge is 2.21. The van der Waals surface area contributed by atoms with Crippen molar-refractivity contribution in [1.29, 1.82) is 0 Å². The number of allylic oxidation sites excluding steroid dienone is 2. The van der Waals surface area contributed by atoms with Crippen LogP contribution >= 0.6 is 0 Å². The second kappa shape index (κ2) is 3.31. The number of aromatic carboxylic acids is 1. The van der Waals surface area contributed by atoms with Crippen LogP contribution in [0.4, 0.5) is 0 Å². The molecule has 0 atom stereocenters. The number of carboxylic acids is 1. The van der Waals surface area contributed by atoms with E-state index in [4.69, 9.17) is 5.11 Å². The van der Waals surface area contributed by atoms with E-state index in [1.165, 1.54) is 6.20 Å². The minimum Gasteiger partial charge on any atom is -0.478 e. The van der Waals surface area contributed by atoms with Crippen LogP contribution < -0.4 is 0 Å². The summed E-state index contributed by atoms with van der Waals surface area (Å²) in [4.78, 5) is 25.8. The van der Waals surface area contributed by atoms with Crippen LogP contribution in [-0.4, -0.2) is 22.3 Å². The van der Waals surface area contributed by atoms with E-state index >= 15 is 0 Å². The maximum absolute atomic E-state index is 10.9. The highest BCUT2D eigenvalue weighted by atomic mass is 16.4. The Labute approximate surface area is 86.3 Å². The maximum atomic E-state index is 10.9. The third-order valence-electron chi connectivity index (χ3n) is 2.54. The molecule has 4 heteroatoms. The van der Waals surface area contributed by atoms with E-state index in [1.54, 1.807) is 0 Å². The molecule has 0 radical (unpaired) electrons. The van der Waals surface area contributed by atoms with Crippen LogP contribution in [0.25, 0.3) is 5.57 Å². The van der Waals surface area contributed by atoms with Crippen molar-refractivity contribution >= 4 is 17.8 Å². The highest BCUT2D eigenvalue weighted by molar-refractivity contribution is 6.01. The fourth-order valence-electron chi connectivity index (χ4n) is 1.81. The number of hydrogen-bond donors (Lipinski definition) is 1. The summed E-state index contributed by atoms with van der Waals surface area (Å²) in [6, 6.07) is 0. The largest absolute Gasteiger partial charge is 0.478 e. The van der Waals surface area contributed by atoms with Gasteiger partial charge < -0.3 is 5.11 Å². The summed E-state index contributed by atoms with van der Waals surface area (Å²) >= 11 is 0. The Morgan fingerprint density at radius 3 is 2.93 bits per heavy atom. The van der Waals surface area contributed by atoms with Gasteiger partial charge in [0.2, 0.25) is 0 Å². The lowest BCUT2D eigenvalue weighted by Gasteiger charge is -2.07. The Morgan fingerprint density at radius 1 is 1.60 bits per heavy atom. The lowest BCUT2D eigenvalue weighted by atomic mass is 10.0. The molecule has 76 valence electrons. The summed E-state index contributed by atoms with van der Waals surface area (Å²) in [6.07, 6.45) is 4.45. The normalized spacial score (nSPS) is 13.3. The first kappa shape index (κ1) is 9.58. The molecule has 0 bridgehead atoms. The van der Waals surface area contributed by atoms with Gasteiger partial charge >= 0.3 is 5.97 Å². The SMILES string of the molecule is CC1=CCc2ncc(C(=O)O)c(C=O)c21. The van der Waals surface area contributed by atoms with Crippen molar-refractivity contribution in [3.05, 3.63) is 34.7 Å². The van der Waals surface area contributed by atoms with Crippen molar-refractivity contribution in [3.63, 3.8) is 0 Å². The first-order chi connectivity index (χ1) is 7.15. The van der Waals surface area contributed by atoms with Gasteiger partial charge in [-0.15, -0.1) is 0 Å². The first-order valence-corrected chi connectivity index (χ1v) is 4.52. The van der Waals surface area contributed by atoms with E-state index in [1.807, 2.05) is 13.0 Å².